The van der Waals surface area contributed by atoms with E-state index in [1.165, 1.54) is 4.90 Å². The number of halogens is 1. The van der Waals surface area contributed by atoms with Gasteiger partial charge in [0, 0.05) is 28.9 Å². The van der Waals surface area contributed by atoms with Crippen LogP contribution in [0.3, 0.4) is 0 Å². The molecule has 1 saturated heterocycles. The SMILES string of the molecule is COc1ccc2ncc(Cl)c(CCCC3(C(=O)O)CCN(CCCSc4ccncc4)CC3)c2c1. The molecule has 6 nitrogen and oxygen atoms in total. The normalized spacial score (nSPS) is 15.8. The molecule has 1 aliphatic rings. The quantitative estimate of drug-likeness (QED) is 0.250. The summed E-state index contributed by atoms with van der Waals surface area (Å²) in [4.78, 5) is 24.5. The van der Waals surface area contributed by atoms with Crippen molar-refractivity contribution in [1.82, 2.24) is 14.9 Å². The molecule has 1 N–H and O–H groups in total. The van der Waals surface area contributed by atoms with Crippen molar-refractivity contribution < 1.29 is 14.6 Å². The minimum Gasteiger partial charge on any atom is -0.497 e. The number of nitrogens with zero attached hydrogens (tertiary/aromatic N) is 3. The molecule has 0 unspecified atom stereocenters. The van der Waals surface area contributed by atoms with E-state index in [9.17, 15) is 9.90 Å². The Labute approximate surface area is 216 Å². The zero-order chi connectivity index (χ0) is 24.7. The average Bonchev–Trinajstić information content (AvgIpc) is 2.89. The van der Waals surface area contributed by atoms with E-state index in [1.54, 1.807) is 13.3 Å². The first-order valence-electron chi connectivity index (χ1n) is 12.1. The maximum absolute atomic E-state index is 12.3. The van der Waals surface area contributed by atoms with Gasteiger partial charge >= 0.3 is 5.97 Å². The third kappa shape index (κ3) is 6.46. The second-order valence-electron chi connectivity index (χ2n) is 9.13. The predicted molar refractivity (Wildman–Crippen MR) is 142 cm³/mol. The Kier molecular flexibility index (Phi) is 8.87. The summed E-state index contributed by atoms with van der Waals surface area (Å²) < 4.78 is 5.37. The van der Waals surface area contributed by atoms with Crippen LogP contribution in [0.25, 0.3) is 10.9 Å². The largest absolute Gasteiger partial charge is 0.497 e. The lowest BCUT2D eigenvalue weighted by atomic mass is 9.74. The van der Waals surface area contributed by atoms with Crippen molar-refractivity contribution in [2.24, 2.45) is 5.41 Å². The van der Waals surface area contributed by atoms with Crippen LogP contribution >= 0.6 is 23.4 Å². The van der Waals surface area contributed by atoms with Crippen molar-refractivity contribution in [3.8, 4) is 5.75 Å². The number of benzene rings is 1. The third-order valence-corrected chi connectivity index (χ3v) is 8.44. The Morgan fingerprint density at radius 3 is 2.69 bits per heavy atom. The van der Waals surface area contributed by atoms with Crippen LogP contribution in [0.1, 0.15) is 37.7 Å². The number of aliphatic carboxylic acids is 1. The van der Waals surface area contributed by atoms with E-state index in [1.807, 2.05) is 54.5 Å². The summed E-state index contributed by atoms with van der Waals surface area (Å²) in [6, 6.07) is 9.84. The molecule has 0 saturated carbocycles. The molecule has 0 atom stereocenters. The van der Waals surface area contributed by atoms with E-state index in [4.69, 9.17) is 16.3 Å². The van der Waals surface area contributed by atoms with Gasteiger partial charge in [-0.15, -0.1) is 11.8 Å². The van der Waals surface area contributed by atoms with Crippen molar-refractivity contribution in [2.45, 2.75) is 43.4 Å². The van der Waals surface area contributed by atoms with Gasteiger partial charge < -0.3 is 14.7 Å². The first kappa shape index (κ1) is 25.7. The number of carbonyl (C=O) groups is 1. The number of carboxylic acids is 1. The molecule has 35 heavy (non-hydrogen) atoms. The van der Waals surface area contributed by atoms with Crippen LogP contribution in [0.2, 0.25) is 5.02 Å². The van der Waals surface area contributed by atoms with E-state index < -0.39 is 11.4 Å². The summed E-state index contributed by atoms with van der Waals surface area (Å²) in [7, 11) is 1.64. The number of hydrogen-bond donors (Lipinski definition) is 1. The molecule has 0 radical (unpaired) electrons. The van der Waals surface area contributed by atoms with E-state index in [-0.39, 0.29) is 0 Å². The molecular formula is C27H32ClN3O3S. The fourth-order valence-electron chi connectivity index (χ4n) is 4.87. The van der Waals surface area contributed by atoms with Crippen molar-refractivity contribution in [1.29, 1.82) is 0 Å². The minimum absolute atomic E-state index is 0.620. The van der Waals surface area contributed by atoms with Crippen LogP contribution in [0.15, 0.2) is 53.8 Å². The summed E-state index contributed by atoms with van der Waals surface area (Å²) >= 11 is 8.35. The zero-order valence-electron chi connectivity index (χ0n) is 20.1. The number of aryl methyl sites for hydroxylation is 1. The number of piperidine rings is 1. The lowest BCUT2D eigenvalue weighted by molar-refractivity contribution is -0.152. The molecule has 1 aromatic carbocycles. The molecule has 1 fully saturated rings. The van der Waals surface area contributed by atoms with E-state index in [2.05, 4.69) is 14.9 Å². The maximum Gasteiger partial charge on any atom is 0.309 e. The minimum atomic E-state index is -0.669. The lowest BCUT2D eigenvalue weighted by Crippen LogP contribution is -2.44. The standard InChI is InChI=1S/C27H32ClN3O3S/c1-34-20-5-6-25-23(18-20)22(24(28)19-30-25)4-2-9-27(26(32)33)10-15-31(16-11-27)14-3-17-35-21-7-12-29-13-8-21/h5-8,12-13,18-19H,2-4,9-11,14-17H2,1H3,(H,32,33). The lowest BCUT2D eigenvalue weighted by Gasteiger charge is -2.39. The highest BCUT2D eigenvalue weighted by molar-refractivity contribution is 7.99. The number of likely N-dealkylation sites (tertiary alicyclic amines) is 1. The van der Waals surface area contributed by atoms with Crippen molar-refractivity contribution in [3.05, 3.63) is 59.5 Å². The summed E-state index contributed by atoms with van der Waals surface area (Å²) in [5.74, 6) is 1.14. The second kappa shape index (κ2) is 12.1. The van der Waals surface area contributed by atoms with Gasteiger partial charge in [-0.2, -0.15) is 0 Å². The molecule has 1 aliphatic heterocycles. The van der Waals surface area contributed by atoms with Crippen molar-refractivity contribution >= 4 is 40.2 Å². The van der Waals surface area contributed by atoms with E-state index in [0.717, 1.165) is 66.9 Å². The fourth-order valence-corrected chi connectivity index (χ4v) is 5.94. The van der Waals surface area contributed by atoms with Crippen LogP contribution in [0.5, 0.6) is 5.75 Å². The van der Waals surface area contributed by atoms with Crippen LogP contribution < -0.4 is 4.74 Å². The molecule has 186 valence electrons. The average molecular weight is 514 g/mol. The number of methoxy groups -OCH3 is 1. The smallest absolute Gasteiger partial charge is 0.309 e. The van der Waals surface area contributed by atoms with Gasteiger partial charge in [-0.3, -0.25) is 14.8 Å². The molecule has 3 heterocycles. The molecule has 4 rings (SSSR count). The number of pyridine rings is 2. The summed E-state index contributed by atoms with van der Waals surface area (Å²) in [6.07, 6.45) is 9.94. The number of carboxylic acid groups (broad SMARTS) is 1. The Hall–Kier alpha value is -2.35. The maximum atomic E-state index is 12.3. The van der Waals surface area contributed by atoms with Crippen LogP contribution in [-0.2, 0) is 11.2 Å². The van der Waals surface area contributed by atoms with Crippen LogP contribution in [-0.4, -0.2) is 58.4 Å². The topological polar surface area (TPSA) is 75.6 Å². The molecule has 0 bridgehead atoms. The van der Waals surface area contributed by atoms with Gasteiger partial charge in [0.1, 0.15) is 5.75 Å². The third-order valence-electron chi connectivity index (χ3n) is 7.02. The Morgan fingerprint density at radius 1 is 1.20 bits per heavy atom. The highest BCUT2D eigenvalue weighted by Gasteiger charge is 2.40. The summed E-state index contributed by atoms with van der Waals surface area (Å²) in [6.45, 7) is 2.68. The Morgan fingerprint density at radius 2 is 1.97 bits per heavy atom. The summed E-state index contributed by atoms with van der Waals surface area (Å²) in [5, 5.41) is 11.7. The molecule has 8 heteroatoms. The second-order valence-corrected chi connectivity index (χ2v) is 10.7. The highest BCUT2D eigenvalue weighted by atomic mass is 35.5. The first-order valence-corrected chi connectivity index (χ1v) is 13.5. The molecule has 0 amide bonds. The Bertz CT molecular complexity index is 1140. The highest BCUT2D eigenvalue weighted by Crippen LogP contribution is 2.38. The van der Waals surface area contributed by atoms with Gasteiger partial charge in [0.2, 0.25) is 0 Å². The Balaban J connectivity index is 1.30. The van der Waals surface area contributed by atoms with E-state index >= 15 is 0 Å². The van der Waals surface area contributed by atoms with Gasteiger partial charge in [0.05, 0.1) is 23.1 Å². The van der Waals surface area contributed by atoms with Crippen LogP contribution in [0.4, 0.5) is 0 Å². The van der Waals surface area contributed by atoms with Gasteiger partial charge in [-0.1, -0.05) is 11.6 Å². The number of rotatable bonds is 11. The van der Waals surface area contributed by atoms with Gasteiger partial charge in [-0.25, -0.2) is 0 Å². The molecule has 3 aromatic rings. The predicted octanol–water partition coefficient (Wildman–Crippen LogP) is 5.96. The van der Waals surface area contributed by atoms with Gasteiger partial charge in [0.25, 0.3) is 0 Å². The first-order chi connectivity index (χ1) is 17.0. The van der Waals surface area contributed by atoms with E-state index in [0.29, 0.717) is 24.3 Å². The van der Waals surface area contributed by atoms with Crippen molar-refractivity contribution in [3.63, 3.8) is 0 Å². The number of aromatic nitrogens is 2. The number of fused-ring (bicyclic) bond motifs is 1. The molecular weight excluding hydrogens is 482 g/mol. The molecule has 0 aliphatic carbocycles. The number of ether oxygens (including phenoxy) is 1. The zero-order valence-corrected chi connectivity index (χ0v) is 21.7. The van der Waals surface area contributed by atoms with Gasteiger partial charge in [0.15, 0.2) is 0 Å². The summed E-state index contributed by atoms with van der Waals surface area (Å²) in [5.41, 5.74) is 1.23. The molecule has 0 spiro atoms. The fraction of sp³-hybridized carbons (Fsp3) is 0.444. The number of hydrogen-bond acceptors (Lipinski definition) is 6. The number of thioether (sulfide) groups is 1. The van der Waals surface area contributed by atoms with Crippen molar-refractivity contribution in [2.75, 3.05) is 32.5 Å². The van der Waals surface area contributed by atoms with Gasteiger partial charge in [-0.05, 0) is 99.8 Å². The monoisotopic (exact) mass is 513 g/mol. The van der Waals surface area contributed by atoms with Crippen LogP contribution in [0, 0.1) is 5.41 Å². The molecule has 2 aromatic heterocycles.